The molecule has 0 aliphatic heterocycles. The maximum absolute atomic E-state index is 13.2. The summed E-state index contributed by atoms with van der Waals surface area (Å²) in [6.07, 6.45) is 3.38. The zero-order valence-corrected chi connectivity index (χ0v) is 18.2. The molecule has 0 amide bonds. The van der Waals surface area contributed by atoms with E-state index in [1.165, 1.54) is 6.07 Å². The second-order valence-corrected chi connectivity index (χ2v) is 6.07. The standard InChI is InChI=1S/C16H22BrFN6.HI/c1-3-15-23-22-11-24(15)9-8-21-16(19-2)20-7-6-12-4-5-14(18)13(17)10-12;/h4-5,10-11H,3,6-9H2,1-2H3,(H2,19,20,21);1H. The number of nitrogens with zero attached hydrogens (tertiary/aromatic N) is 4. The second-order valence-electron chi connectivity index (χ2n) is 5.22. The molecule has 0 aliphatic carbocycles. The number of hydrogen-bond donors (Lipinski definition) is 2. The molecule has 1 aromatic heterocycles. The number of nitrogens with one attached hydrogen (secondary N) is 2. The van der Waals surface area contributed by atoms with Gasteiger partial charge in [0.1, 0.15) is 18.0 Å². The molecule has 6 nitrogen and oxygen atoms in total. The second kappa shape index (κ2) is 11.4. The van der Waals surface area contributed by atoms with Crippen LogP contribution in [0.2, 0.25) is 0 Å². The fourth-order valence-corrected chi connectivity index (χ4v) is 2.70. The summed E-state index contributed by atoms with van der Waals surface area (Å²) < 4.78 is 15.7. The first-order valence-corrected chi connectivity index (χ1v) is 8.68. The van der Waals surface area contributed by atoms with Crippen molar-refractivity contribution in [3.63, 3.8) is 0 Å². The van der Waals surface area contributed by atoms with Crippen molar-refractivity contribution in [2.75, 3.05) is 20.1 Å². The molecule has 0 aliphatic rings. The minimum Gasteiger partial charge on any atom is -0.356 e. The third-order valence-electron chi connectivity index (χ3n) is 3.57. The van der Waals surface area contributed by atoms with Crippen LogP contribution in [0.4, 0.5) is 4.39 Å². The SMILES string of the molecule is CCc1nncn1CCNC(=NC)NCCc1ccc(F)c(Br)c1.I. The Bertz CT molecular complexity index is 691. The first-order chi connectivity index (χ1) is 11.6. The molecule has 2 aromatic rings. The number of aromatic nitrogens is 3. The average Bonchev–Trinajstić information content (AvgIpc) is 3.04. The highest BCUT2D eigenvalue weighted by molar-refractivity contribution is 14.0. The Kier molecular flexibility index (Phi) is 9.94. The van der Waals surface area contributed by atoms with Gasteiger partial charge >= 0.3 is 0 Å². The first kappa shape index (κ1) is 21.8. The molecule has 0 unspecified atom stereocenters. The van der Waals surface area contributed by atoms with E-state index in [2.05, 4.69) is 48.7 Å². The van der Waals surface area contributed by atoms with Crippen molar-refractivity contribution < 1.29 is 4.39 Å². The fourth-order valence-electron chi connectivity index (χ4n) is 2.28. The molecule has 0 fully saturated rings. The highest BCUT2D eigenvalue weighted by Gasteiger charge is 2.03. The predicted octanol–water partition coefficient (Wildman–Crippen LogP) is 2.77. The van der Waals surface area contributed by atoms with E-state index in [9.17, 15) is 4.39 Å². The number of aryl methyl sites for hydroxylation is 1. The van der Waals surface area contributed by atoms with E-state index in [-0.39, 0.29) is 29.8 Å². The van der Waals surface area contributed by atoms with Gasteiger partial charge in [0, 0.05) is 33.1 Å². The largest absolute Gasteiger partial charge is 0.356 e. The predicted molar refractivity (Wildman–Crippen MR) is 112 cm³/mol. The summed E-state index contributed by atoms with van der Waals surface area (Å²) in [6.45, 7) is 4.28. The molecule has 2 rings (SSSR count). The lowest BCUT2D eigenvalue weighted by molar-refractivity contribution is 0.619. The lowest BCUT2D eigenvalue weighted by atomic mass is 10.1. The summed E-state index contributed by atoms with van der Waals surface area (Å²) in [6, 6.07) is 5.05. The van der Waals surface area contributed by atoms with Crippen LogP contribution in [-0.2, 0) is 19.4 Å². The number of guanidine groups is 1. The van der Waals surface area contributed by atoms with Crippen LogP contribution in [0.5, 0.6) is 0 Å². The first-order valence-electron chi connectivity index (χ1n) is 7.89. The third-order valence-corrected chi connectivity index (χ3v) is 4.18. The number of rotatable bonds is 7. The van der Waals surface area contributed by atoms with Gasteiger partial charge in [-0.1, -0.05) is 13.0 Å². The fraction of sp³-hybridized carbons (Fsp3) is 0.438. The van der Waals surface area contributed by atoms with E-state index in [0.29, 0.717) is 11.0 Å². The average molecular weight is 525 g/mol. The molecule has 0 bridgehead atoms. The Morgan fingerprint density at radius 3 is 2.76 bits per heavy atom. The highest BCUT2D eigenvalue weighted by Crippen LogP contribution is 2.16. The van der Waals surface area contributed by atoms with E-state index in [4.69, 9.17) is 0 Å². The van der Waals surface area contributed by atoms with Crippen LogP contribution >= 0.6 is 39.9 Å². The van der Waals surface area contributed by atoms with Crippen LogP contribution in [0.1, 0.15) is 18.3 Å². The van der Waals surface area contributed by atoms with E-state index in [0.717, 1.165) is 43.3 Å². The van der Waals surface area contributed by atoms with Gasteiger partial charge in [0.05, 0.1) is 4.47 Å². The number of aliphatic imine (C=N–C) groups is 1. The van der Waals surface area contributed by atoms with Crippen molar-refractivity contribution in [1.29, 1.82) is 0 Å². The monoisotopic (exact) mass is 524 g/mol. The van der Waals surface area contributed by atoms with Gasteiger partial charge in [0.2, 0.25) is 0 Å². The summed E-state index contributed by atoms with van der Waals surface area (Å²) in [7, 11) is 1.74. The Morgan fingerprint density at radius 1 is 1.32 bits per heavy atom. The zero-order chi connectivity index (χ0) is 17.4. The van der Waals surface area contributed by atoms with Crippen LogP contribution in [0, 0.1) is 5.82 Å². The van der Waals surface area contributed by atoms with Crippen molar-refractivity contribution in [2.24, 2.45) is 4.99 Å². The molecule has 0 saturated heterocycles. The van der Waals surface area contributed by atoms with Crippen molar-refractivity contribution >= 4 is 45.9 Å². The summed E-state index contributed by atoms with van der Waals surface area (Å²) in [5.41, 5.74) is 1.06. The summed E-state index contributed by atoms with van der Waals surface area (Å²) in [5, 5.41) is 14.5. The Morgan fingerprint density at radius 2 is 2.08 bits per heavy atom. The lowest BCUT2D eigenvalue weighted by Gasteiger charge is -2.12. The van der Waals surface area contributed by atoms with E-state index in [1.807, 2.05) is 4.57 Å². The maximum Gasteiger partial charge on any atom is 0.191 e. The Hall–Kier alpha value is -1.23. The van der Waals surface area contributed by atoms with Gasteiger partial charge in [0.15, 0.2) is 5.96 Å². The van der Waals surface area contributed by atoms with Gasteiger partial charge in [-0.25, -0.2) is 4.39 Å². The van der Waals surface area contributed by atoms with E-state index >= 15 is 0 Å². The summed E-state index contributed by atoms with van der Waals surface area (Å²) in [4.78, 5) is 4.20. The van der Waals surface area contributed by atoms with Crippen LogP contribution < -0.4 is 10.6 Å². The van der Waals surface area contributed by atoms with E-state index < -0.39 is 0 Å². The molecule has 0 atom stereocenters. The Labute approximate surface area is 172 Å². The van der Waals surface area contributed by atoms with Crippen LogP contribution in [0.3, 0.4) is 0 Å². The number of benzene rings is 1. The zero-order valence-electron chi connectivity index (χ0n) is 14.3. The van der Waals surface area contributed by atoms with Crippen LogP contribution in [0.25, 0.3) is 0 Å². The van der Waals surface area contributed by atoms with Gasteiger partial charge in [-0.05, 0) is 40.0 Å². The molecule has 25 heavy (non-hydrogen) atoms. The molecule has 1 heterocycles. The smallest absolute Gasteiger partial charge is 0.191 e. The topological polar surface area (TPSA) is 67.1 Å². The highest BCUT2D eigenvalue weighted by atomic mass is 127. The van der Waals surface area contributed by atoms with Crippen LogP contribution in [0.15, 0.2) is 34.0 Å². The van der Waals surface area contributed by atoms with Crippen LogP contribution in [-0.4, -0.2) is 40.9 Å². The normalized spacial score (nSPS) is 11.1. The minimum absolute atomic E-state index is 0. The van der Waals surface area contributed by atoms with Crippen molar-refractivity contribution in [3.8, 4) is 0 Å². The molecule has 9 heteroatoms. The van der Waals surface area contributed by atoms with Gasteiger partial charge in [-0.2, -0.15) is 0 Å². The lowest BCUT2D eigenvalue weighted by Crippen LogP contribution is -2.39. The Balaban J connectivity index is 0.00000312. The minimum atomic E-state index is -0.246. The number of hydrogen-bond acceptors (Lipinski definition) is 3. The maximum atomic E-state index is 13.2. The molecule has 0 radical (unpaired) electrons. The molecule has 2 N–H and O–H groups in total. The molecule has 138 valence electrons. The van der Waals surface area contributed by atoms with Gasteiger partial charge < -0.3 is 15.2 Å². The van der Waals surface area contributed by atoms with E-state index in [1.54, 1.807) is 25.5 Å². The molecule has 0 spiro atoms. The quantitative estimate of drug-likeness (QED) is 0.332. The van der Waals surface area contributed by atoms with Gasteiger partial charge in [0.25, 0.3) is 0 Å². The summed E-state index contributed by atoms with van der Waals surface area (Å²) in [5.74, 6) is 1.47. The summed E-state index contributed by atoms with van der Waals surface area (Å²) >= 11 is 3.20. The third kappa shape index (κ3) is 6.89. The molecule has 1 aromatic carbocycles. The van der Waals surface area contributed by atoms with Gasteiger partial charge in [-0.3, -0.25) is 4.99 Å². The van der Waals surface area contributed by atoms with Gasteiger partial charge in [-0.15, -0.1) is 34.2 Å². The molecular weight excluding hydrogens is 502 g/mol. The van der Waals surface area contributed by atoms with Crippen molar-refractivity contribution in [1.82, 2.24) is 25.4 Å². The number of halogens is 3. The molecular formula is C16H23BrFIN6. The molecule has 0 saturated carbocycles. The van der Waals surface area contributed by atoms with Crippen molar-refractivity contribution in [3.05, 3.63) is 46.2 Å². The van der Waals surface area contributed by atoms with Crippen molar-refractivity contribution in [2.45, 2.75) is 26.3 Å².